The summed E-state index contributed by atoms with van der Waals surface area (Å²) < 4.78 is 6.49. The van der Waals surface area contributed by atoms with Gasteiger partial charge in [-0.25, -0.2) is 0 Å². The molecule has 0 aliphatic heterocycles. The molecule has 1 atom stereocenters. The van der Waals surface area contributed by atoms with Crippen LogP contribution in [-0.4, -0.2) is 8.32 Å². The summed E-state index contributed by atoms with van der Waals surface area (Å²) in [5, 5.41) is -0.0311. The summed E-state index contributed by atoms with van der Waals surface area (Å²) in [5.41, 5.74) is 2.13. The van der Waals surface area contributed by atoms with Gasteiger partial charge in [-0.15, -0.1) is 11.6 Å². The van der Waals surface area contributed by atoms with E-state index in [1.54, 1.807) is 0 Å². The zero-order valence-corrected chi connectivity index (χ0v) is 15.8. The lowest BCUT2D eigenvalue weighted by molar-refractivity contribution is 0.487. The summed E-state index contributed by atoms with van der Waals surface area (Å²) in [4.78, 5) is 0. The summed E-state index contributed by atoms with van der Waals surface area (Å²) in [6, 6.07) is 18.3. The van der Waals surface area contributed by atoms with Crippen LogP contribution < -0.4 is 4.43 Å². The van der Waals surface area contributed by atoms with Crippen LogP contribution in [0.5, 0.6) is 5.75 Å². The second-order valence-corrected chi connectivity index (χ2v) is 12.3. The number of alkyl halides is 1. The molecule has 2 aromatic rings. The molecule has 2 aromatic carbocycles. The lowest BCUT2D eigenvalue weighted by Crippen LogP contribution is -2.44. The fourth-order valence-corrected chi connectivity index (χ4v) is 3.38. The summed E-state index contributed by atoms with van der Waals surface area (Å²) in [5.74, 6) is 0.915. The molecular formula is C19H25ClOSi. The van der Waals surface area contributed by atoms with Crippen molar-refractivity contribution < 1.29 is 4.43 Å². The molecule has 1 unspecified atom stereocenters. The van der Waals surface area contributed by atoms with Crippen molar-refractivity contribution in [2.75, 3.05) is 0 Å². The van der Waals surface area contributed by atoms with Gasteiger partial charge in [-0.3, -0.25) is 0 Å². The van der Waals surface area contributed by atoms with E-state index in [0.717, 1.165) is 16.9 Å². The Bertz CT molecular complexity index is 617. The Kier molecular flexibility index (Phi) is 5.03. The average molecular weight is 333 g/mol. The van der Waals surface area contributed by atoms with E-state index in [1.807, 2.05) is 36.4 Å². The quantitative estimate of drug-likeness (QED) is 0.465. The van der Waals surface area contributed by atoms with Crippen molar-refractivity contribution >= 4 is 19.9 Å². The summed E-state index contributed by atoms with van der Waals surface area (Å²) in [6.07, 6.45) is 0. The average Bonchev–Trinajstić information content (AvgIpc) is 2.46. The van der Waals surface area contributed by atoms with E-state index in [1.165, 1.54) is 0 Å². The van der Waals surface area contributed by atoms with E-state index in [4.69, 9.17) is 16.0 Å². The van der Waals surface area contributed by atoms with E-state index in [-0.39, 0.29) is 10.4 Å². The minimum atomic E-state index is -1.88. The highest BCUT2D eigenvalue weighted by atomic mass is 35.5. The number of hydrogen-bond donors (Lipinski definition) is 0. The highest BCUT2D eigenvalue weighted by Crippen LogP contribution is 2.41. The molecular weight excluding hydrogens is 308 g/mol. The molecule has 0 saturated heterocycles. The second-order valence-electron chi connectivity index (χ2n) is 7.17. The zero-order valence-electron chi connectivity index (χ0n) is 14.1. The molecule has 0 saturated carbocycles. The topological polar surface area (TPSA) is 9.23 Å². The van der Waals surface area contributed by atoms with Crippen LogP contribution in [0.15, 0.2) is 54.6 Å². The number of benzene rings is 2. The maximum Gasteiger partial charge on any atom is 0.250 e. The first-order valence-corrected chi connectivity index (χ1v) is 11.0. The molecule has 0 aliphatic carbocycles. The van der Waals surface area contributed by atoms with Gasteiger partial charge >= 0.3 is 0 Å². The molecule has 0 spiro atoms. The van der Waals surface area contributed by atoms with Gasteiger partial charge in [0.05, 0.1) is 5.38 Å². The van der Waals surface area contributed by atoms with Gasteiger partial charge in [0.25, 0.3) is 0 Å². The zero-order chi connectivity index (χ0) is 16.4. The van der Waals surface area contributed by atoms with Crippen LogP contribution in [-0.2, 0) is 0 Å². The first-order valence-electron chi connectivity index (χ1n) is 7.69. The predicted molar refractivity (Wildman–Crippen MR) is 98.4 cm³/mol. The fraction of sp³-hybridized carbons (Fsp3) is 0.368. The molecule has 0 heterocycles. The third-order valence-electron chi connectivity index (χ3n) is 4.46. The Morgan fingerprint density at radius 1 is 0.909 bits per heavy atom. The fourth-order valence-electron chi connectivity index (χ4n) is 2.01. The Balaban J connectivity index is 2.36. The van der Waals surface area contributed by atoms with Gasteiger partial charge in [-0.2, -0.15) is 0 Å². The maximum atomic E-state index is 6.72. The predicted octanol–water partition coefficient (Wildman–Crippen LogP) is 6.40. The molecule has 2 rings (SSSR count). The van der Waals surface area contributed by atoms with Crippen molar-refractivity contribution in [2.45, 2.75) is 44.3 Å². The van der Waals surface area contributed by atoms with Crippen LogP contribution in [0.25, 0.3) is 0 Å². The number of rotatable bonds is 4. The molecule has 0 fully saturated rings. The van der Waals surface area contributed by atoms with Crippen molar-refractivity contribution in [1.82, 2.24) is 0 Å². The maximum absolute atomic E-state index is 6.72. The summed E-state index contributed by atoms with van der Waals surface area (Å²) in [6.45, 7) is 11.3. The molecule has 0 aromatic heterocycles. The van der Waals surface area contributed by atoms with Gasteiger partial charge in [0.15, 0.2) is 0 Å². The van der Waals surface area contributed by atoms with Crippen molar-refractivity contribution in [3.63, 3.8) is 0 Å². The highest BCUT2D eigenvalue weighted by molar-refractivity contribution is 6.74. The normalized spacial score (nSPS) is 13.7. The van der Waals surface area contributed by atoms with Crippen LogP contribution in [0.2, 0.25) is 18.1 Å². The van der Waals surface area contributed by atoms with Crippen molar-refractivity contribution in [3.05, 3.63) is 65.7 Å². The van der Waals surface area contributed by atoms with Crippen LogP contribution in [0.1, 0.15) is 37.3 Å². The highest BCUT2D eigenvalue weighted by Gasteiger charge is 2.39. The van der Waals surface area contributed by atoms with Crippen molar-refractivity contribution in [2.24, 2.45) is 0 Å². The number of halogens is 1. The molecule has 118 valence electrons. The molecule has 0 bridgehead atoms. The number of para-hydroxylation sites is 1. The van der Waals surface area contributed by atoms with E-state index in [0.29, 0.717) is 0 Å². The standard InChI is InChI=1S/C19H25ClOSi/c1-19(2,3)22(4,5)21-17-14-10-9-13-16(17)18(20)15-11-7-6-8-12-15/h6-14,18H,1-5H3. The molecule has 0 amide bonds. The van der Waals surface area contributed by atoms with E-state index < -0.39 is 8.32 Å². The minimum Gasteiger partial charge on any atom is -0.543 e. The monoisotopic (exact) mass is 332 g/mol. The molecule has 3 heteroatoms. The van der Waals surface area contributed by atoms with Gasteiger partial charge in [0, 0.05) is 5.56 Å². The van der Waals surface area contributed by atoms with Gasteiger partial charge in [-0.1, -0.05) is 69.3 Å². The molecule has 22 heavy (non-hydrogen) atoms. The van der Waals surface area contributed by atoms with Crippen molar-refractivity contribution in [3.8, 4) is 5.75 Å². The van der Waals surface area contributed by atoms with E-state index in [9.17, 15) is 0 Å². The first-order chi connectivity index (χ1) is 10.2. The summed E-state index contributed by atoms with van der Waals surface area (Å²) >= 11 is 6.72. The Hall–Kier alpha value is -1.25. The smallest absolute Gasteiger partial charge is 0.250 e. The van der Waals surface area contributed by atoms with Crippen molar-refractivity contribution in [1.29, 1.82) is 0 Å². The second kappa shape index (κ2) is 6.47. The molecule has 0 N–H and O–H groups in total. The minimum absolute atomic E-state index is 0.161. The van der Waals surface area contributed by atoms with E-state index in [2.05, 4.69) is 52.1 Å². The Labute approximate surface area is 140 Å². The van der Waals surface area contributed by atoms with Gasteiger partial charge in [0.1, 0.15) is 5.75 Å². The third-order valence-corrected chi connectivity index (χ3v) is 9.29. The molecule has 0 aliphatic rings. The Morgan fingerprint density at radius 2 is 1.45 bits per heavy atom. The number of hydrogen-bond acceptors (Lipinski definition) is 1. The van der Waals surface area contributed by atoms with Gasteiger partial charge < -0.3 is 4.43 Å². The van der Waals surface area contributed by atoms with Crippen LogP contribution in [0.3, 0.4) is 0 Å². The Morgan fingerprint density at radius 3 is 2.05 bits per heavy atom. The third kappa shape index (κ3) is 3.74. The van der Waals surface area contributed by atoms with Crippen LogP contribution >= 0.6 is 11.6 Å². The molecule has 0 radical (unpaired) electrons. The van der Waals surface area contributed by atoms with Crippen LogP contribution in [0, 0.1) is 0 Å². The summed E-state index contributed by atoms with van der Waals surface area (Å²) in [7, 11) is -1.88. The first kappa shape index (κ1) is 17.1. The SMILES string of the molecule is CC(C)(C)[Si](C)(C)Oc1ccccc1C(Cl)c1ccccc1. The van der Waals surface area contributed by atoms with Crippen LogP contribution in [0.4, 0.5) is 0 Å². The van der Waals surface area contributed by atoms with Gasteiger partial charge in [0.2, 0.25) is 8.32 Å². The largest absolute Gasteiger partial charge is 0.543 e. The molecule has 1 nitrogen and oxygen atoms in total. The lowest BCUT2D eigenvalue weighted by atomic mass is 10.0. The van der Waals surface area contributed by atoms with Gasteiger partial charge in [-0.05, 0) is 29.8 Å². The van der Waals surface area contributed by atoms with E-state index >= 15 is 0 Å². The lowest BCUT2D eigenvalue weighted by Gasteiger charge is -2.37.